The Morgan fingerprint density at radius 2 is 1.95 bits per heavy atom. The second-order valence-electron chi connectivity index (χ2n) is 4.18. The highest BCUT2D eigenvalue weighted by atomic mass is 32.2. The highest BCUT2D eigenvalue weighted by Gasteiger charge is 2.47. The van der Waals surface area contributed by atoms with Gasteiger partial charge in [-0.2, -0.15) is 24.9 Å². The Bertz CT molecular complexity index is 659. The summed E-state index contributed by atoms with van der Waals surface area (Å²) in [6.45, 7) is 1.60. The summed E-state index contributed by atoms with van der Waals surface area (Å²) < 4.78 is 65.4. The number of methoxy groups -OCH3 is 1. The number of nitrogens with one attached hydrogen (secondary N) is 1. The van der Waals surface area contributed by atoms with Crippen LogP contribution in [0.4, 0.5) is 18.9 Å². The molecule has 0 saturated heterocycles. The van der Waals surface area contributed by atoms with E-state index in [0.717, 1.165) is 18.2 Å². The minimum atomic E-state index is -5.50. The van der Waals surface area contributed by atoms with Crippen LogP contribution in [0.5, 0.6) is 5.75 Å². The second kappa shape index (κ2) is 6.78. The van der Waals surface area contributed by atoms with Crippen LogP contribution in [0.25, 0.3) is 0 Å². The molecule has 22 heavy (non-hydrogen) atoms. The molecule has 0 aliphatic rings. The third-order valence-electron chi connectivity index (χ3n) is 2.77. The topological polar surface area (TPSA) is 72.5 Å². The first-order valence-corrected chi connectivity index (χ1v) is 8.64. The van der Waals surface area contributed by atoms with E-state index in [4.69, 9.17) is 4.74 Å². The number of ether oxygens (including phenoxy) is 1. The van der Waals surface area contributed by atoms with E-state index >= 15 is 0 Å². The summed E-state index contributed by atoms with van der Waals surface area (Å²) in [5, 5.41) is 1.89. The maximum Gasteiger partial charge on any atom is 0.501 e. The number of carbonyl (C=O) groups is 1. The molecule has 1 aromatic carbocycles. The lowest BCUT2D eigenvalue weighted by Gasteiger charge is -2.15. The summed E-state index contributed by atoms with van der Waals surface area (Å²) >= 11 is 1.23. The van der Waals surface area contributed by atoms with E-state index in [1.165, 1.54) is 18.9 Å². The number of carbonyl (C=O) groups excluding carboxylic acids is 1. The van der Waals surface area contributed by atoms with E-state index in [1.54, 1.807) is 13.2 Å². The van der Waals surface area contributed by atoms with Gasteiger partial charge in [0.05, 0.1) is 22.9 Å². The maximum atomic E-state index is 12.6. The molecule has 0 aromatic heterocycles. The number of rotatable bonds is 5. The number of hydrogen-bond donors (Lipinski definition) is 1. The van der Waals surface area contributed by atoms with E-state index in [9.17, 15) is 26.4 Å². The Kier molecular flexibility index (Phi) is 5.74. The van der Waals surface area contributed by atoms with Crippen molar-refractivity contribution in [2.75, 3.05) is 18.7 Å². The molecule has 1 rings (SSSR count). The molecule has 5 nitrogen and oxygen atoms in total. The first-order chi connectivity index (χ1) is 10.0. The van der Waals surface area contributed by atoms with Gasteiger partial charge in [0.1, 0.15) is 5.75 Å². The van der Waals surface area contributed by atoms with Crippen LogP contribution in [0.1, 0.15) is 6.92 Å². The van der Waals surface area contributed by atoms with Gasteiger partial charge >= 0.3 is 5.51 Å². The van der Waals surface area contributed by atoms with Crippen molar-refractivity contribution in [2.24, 2.45) is 0 Å². The SMILES string of the molecule is COc1ccc(S(=O)(=O)C(F)(F)F)cc1NC(=O)[C@H](C)SC. The summed E-state index contributed by atoms with van der Waals surface area (Å²) in [5.74, 6) is -0.421. The van der Waals surface area contributed by atoms with Crippen molar-refractivity contribution in [1.82, 2.24) is 0 Å². The van der Waals surface area contributed by atoms with Gasteiger partial charge in [-0.05, 0) is 31.4 Å². The molecular formula is C12H14F3NO4S2. The summed E-state index contributed by atoms with van der Waals surface area (Å²) in [6.07, 6.45) is 1.69. The van der Waals surface area contributed by atoms with Gasteiger partial charge < -0.3 is 10.1 Å². The van der Waals surface area contributed by atoms with Crippen molar-refractivity contribution in [3.05, 3.63) is 18.2 Å². The van der Waals surface area contributed by atoms with Crippen molar-refractivity contribution < 1.29 is 31.1 Å². The zero-order chi connectivity index (χ0) is 17.1. The highest BCUT2D eigenvalue weighted by molar-refractivity contribution is 7.99. The molecule has 0 saturated carbocycles. The Labute approximate surface area is 130 Å². The zero-order valence-corrected chi connectivity index (χ0v) is 13.5. The third kappa shape index (κ3) is 3.86. The van der Waals surface area contributed by atoms with Crippen LogP contribution in [0.15, 0.2) is 23.1 Å². The van der Waals surface area contributed by atoms with Gasteiger partial charge in [-0.1, -0.05) is 0 Å². The number of sulfone groups is 1. The van der Waals surface area contributed by atoms with Gasteiger partial charge in [0.15, 0.2) is 0 Å². The normalized spacial score (nSPS) is 13.5. The quantitative estimate of drug-likeness (QED) is 0.877. The molecule has 0 aliphatic heterocycles. The monoisotopic (exact) mass is 357 g/mol. The first kappa shape index (κ1) is 18.6. The molecule has 0 bridgehead atoms. The number of benzene rings is 1. The fourth-order valence-corrected chi connectivity index (χ4v) is 2.49. The maximum absolute atomic E-state index is 12.6. The molecule has 1 atom stereocenters. The molecule has 0 radical (unpaired) electrons. The molecule has 0 aliphatic carbocycles. The van der Waals surface area contributed by atoms with Gasteiger partial charge in [-0.25, -0.2) is 8.42 Å². The van der Waals surface area contributed by atoms with Crippen LogP contribution in [0, 0.1) is 0 Å². The van der Waals surface area contributed by atoms with Crippen LogP contribution < -0.4 is 10.1 Å². The lowest BCUT2D eigenvalue weighted by molar-refractivity contribution is -0.115. The predicted molar refractivity (Wildman–Crippen MR) is 77.8 cm³/mol. The minimum absolute atomic E-state index is 0.0581. The lowest BCUT2D eigenvalue weighted by Crippen LogP contribution is -2.25. The largest absolute Gasteiger partial charge is 0.501 e. The molecule has 124 valence electrons. The van der Waals surface area contributed by atoms with Crippen molar-refractivity contribution >= 4 is 33.2 Å². The van der Waals surface area contributed by atoms with Gasteiger partial charge in [0, 0.05) is 0 Å². The first-order valence-electron chi connectivity index (χ1n) is 5.87. The highest BCUT2D eigenvalue weighted by Crippen LogP contribution is 2.34. The summed E-state index contributed by atoms with van der Waals surface area (Å²) in [5.41, 5.74) is -5.56. The number of anilines is 1. The molecular weight excluding hydrogens is 343 g/mol. The average Bonchev–Trinajstić information content (AvgIpc) is 2.44. The van der Waals surface area contributed by atoms with Gasteiger partial charge in [-0.15, -0.1) is 0 Å². The fraction of sp³-hybridized carbons (Fsp3) is 0.417. The molecule has 1 aromatic rings. The van der Waals surface area contributed by atoms with Crippen LogP contribution in [0.3, 0.4) is 0 Å². The van der Waals surface area contributed by atoms with E-state index in [-0.39, 0.29) is 11.4 Å². The molecule has 0 unspecified atom stereocenters. The van der Waals surface area contributed by atoms with Crippen LogP contribution in [0.2, 0.25) is 0 Å². The molecule has 1 amide bonds. The Hall–Kier alpha value is -1.42. The van der Waals surface area contributed by atoms with Crippen molar-refractivity contribution in [1.29, 1.82) is 0 Å². The van der Waals surface area contributed by atoms with Crippen LogP contribution in [-0.4, -0.2) is 38.4 Å². The van der Waals surface area contributed by atoms with Crippen molar-refractivity contribution in [2.45, 2.75) is 22.6 Å². The average molecular weight is 357 g/mol. The predicted octanol–water partition coefficient (Wildman–Crippen LogP) is 2.68. The second-order valence-corrected chi connectivity index (χ2v) is 7.30. The van der Waals surface area contributed by atoms with Crippen molar-refractivity contribution in [3.63, 3.8) is 0 Å². The smallest absolute Gasteiger partial charge is 0.495 e. The number of halogens is 3. The standard InChI is InChI=1S/C12H14F3NO4S2/c1-7(21-3)11(17)16-9-6-8(4-5-10(9)20-2)22(18,19)12(13,14)15/h4-7H,1-3H3,(H,16,17)/t7-/m0/s1. The Balaban J connectivity index is 3.29. The zero-order valence-electron chi connectivity index (χ0n) is 11.9. The number of thioether (sulfide) groups is 1. The van der Waals surface area contributed by atoms with E-state index in [1.807, 2.05) is 0 Å². The molecule has 1 N–H and O–H groups in total. The van der Waals surface area contributed by atoms with E-state index in [2.05, 4.69) is 5.32 Å². The van der Waals surface area contributed by atoms with Gasteiger partial charge in [0.25, 0.3) is 9.84 Å². The summed E-state index contributed by atoms with van der Waals surface area (Å²) in [7, 11) is -4.25. The van der Waals surface area contributed by atoms with Gasteiger partial charge in [-0.3, -0.25) is 4.79 Å². The van der Waals surface area contributed by atoms with Crippen LogP contribution >= 0.6 is 11.8 Å². The number of hydrogen-bond acceptors (Lipinski definition) is 5. The van der Waals surface area contributed by atoms with E-state index in [0.29, 0.717) is 0 Å². The molecule has 0 fully saturated rings. The fourth-order valence-electron chi connectivity index (χ4n) is 1.43. The summed E-state index contributed by atoms with van der Waals surface area (Å²) in [6, 6.07) is 2.56. The number of amides is 1. The minimum Gasteiger partial charge on any atom is -0.495 e. The molecule has 0 spiro atoms. The Morgan fingerprint density at radius 1 is 1.36 bits per heavy atom. The van der Waals surface area contributed by atoms with Gasteiger partial charge in [0.2, 0.25) is 5.91 Å². The number of alkyl halides is 3. The Morgan fingerprint density at radius 3 is 2.41 bits per heavy atom. The van der Waals surface area contributed by atoms with E-state index < -0.39 is 31.4 Å². The third-order valence-corrected chi connectivity index (χ3v) is 5.17. The van der Waals surface area contributed by atoms with Crippen molar-refractivity contribution in [3.8, 4) is 5.75 Å². The lowest BCUT2D eigenvalue weighted by atomic mass is 10.3. The molecule has 0 heterocycles. The molecule has 10 heteroatoms. The van der Waals surface area contributed by atoms with Crippen LogP contribution in [-0.2, 0) is 14.6 Å². The summed E-state index contributed by atoms with van der Waals surface area (Å²) in [4.78, 5) is 10.8.